The van der Waals surface area contributed by atoms with Gasteiger partial charge in [-0.05, 0) is 19.8 Å². The van der Waals surface area contributed by atoms with E-state index in [1.165, 1.54) is 27.7 Å². The van der Waals surface area contributed by atoms with E-state index in [4.69, 9.17) is 0 Å². The SMILES string of the molecule is CC(C)OC(=O)OC(C(C)C)C(F)(F)C(=O)[O-]. The highest BCUT2D eigenvalue weighted by Gasteiger charge is 2.46. The van der Waals surface area contributed by atoms with E-state index in [0.717, 1.165) is 0 Å². The Morgan fingerprint density at radius 2 is 1.59 bits per heavy atom. The van der Waals surface area contributed by atoms with Crippen molar-refractivity contribution < 1.29 is 33.0 Å². The highest BCUT2D eigenvalue weighted by molar-refractivity contribution is 5.74. The molecule has 7 heteroatoms. The Balaban J connectivity index is 4.78. The summed E-state index contributed by atoms with van der Waals surface area (Å²) in [6.07, 6.45) is -4.01. The van der Waals surface area contributed by atoms with Crippen molar-refractivity contribution in [1.29, 1.82) is 0 Å². The number of halogens is 2. The second kappa shape index (κ2) is 5.79. The van der Waals surface area contributed by atoms with Crippen LogP contribution in [0.5, 0.6) is 0 Å². The third-order valence-corrected chi connectivity index (χ3v) is 1.79. The molecule has 0 radical (unpaired) electrons. The lowest BCUT2D eigenvalue weighted by molar-refractivity contribution is -0.337. The Kier molecular flexibility index (Phi) is 5.31. The van der Waals surface area contributed by atoms with Gasteiger partial charge in [-0.15, -0.1) is 0 Å². The molecule has 0 aromatic heterocycles. The van der Waals surface area contributed by atoms with Gasteiger partial charge < -0.3 is 19.4 Å². The van der Waals surface area contributed by atoms with Crippen molar-refractivity contribution in [1.82, 2.24) is 0 Å². The molecule has 0 aliphatic heterocycles. The van der Waals surface area contributed by atoms with Gasteiger partial charge in [-0.1, -0.05) is 13.8 Å². The predicted octanol–water partition coefficient (Wildman–Crippen LogP) is 0.958. The van der Waals surface area contributed by atoms with Gasteiger partial charge in [0.1, 0.15) is 5.97 Å². The average molecular weight is 253 g/mol. The molecule has 0 aromatic rings. The number of hydrogen-bond acceptors (Lipinski definition) is 5. The molecule has 1 unspecified atom stereocenters. The lowest BCUT2D eigenvalue weighted by Crippen LogP contribution is -2.53. The minimum Gasteiger partial charge on any atom is -0.544 e. The van der Waals surface area contributed by atoms with Crippen molar-refractivity contribution in [3.8, 4) is 0 Å². The van der Waals surface area contributed by atoms with Gasteiger partial charge in [0.15, 0.2) is 6.10 Å². The molecule has 0 heterocycles. The van der Waals surface area contributed by atoms with Gasteiger partial charge in [0.05, 0.1) is 6.10 Å². The number of aliphatic carboxylic acids is 1. The molecule has 0 spiro atoms. The molecule has 0 saturated heterocycles. The zero-order valence-electron chi connectivity index (χ0n) is 10.0. The molecule has 0 aromatic carbocycles. The quantitative estimate of drug-likeness (QED) is 0.682. The van der Waals surface area contributed by atoms with Gasteiger partial charge >= 0.3 is 12.1 Å². The topological polar surface area (TPSA) is 75.7 Å². The first-order valence-corrected chi connectivity index (χ1v) is 5.05. The van der Waals surface area contributed by atoms with E-state index in [1.807, 2.05) is 0 Å². The molecule has 0 rings (SSSR count). The Hall–Kier alpha value is -1.40. The summed E-state index contributed by atoms with van der Waals surface area (Å²) in [7, 11) is 0. The van der Waals surface area contributed by atoms with E-state index < -0.39 is 36.2 Å². The molecule has 0 aliphatic carbocycles. The lowest BCUT2D eigenvalue weighted by atomic mass is 10.0. The number of ether oxygens (including phenoxy) is 2. The number of rotatable bonds is 5. The number of carbonyl (C=O) groups excluding carboxylic acids is 2. The lowest BCUT2D eigenvalue weighted by Gasteiger charge is -2.29. The van der Waals surface area contributed by atoms with Crippen molar-refractivity contribution >= 4 is 12.1 Å². The van der Waals surface area contributed by atoms with E-state index in [9.17, 15) is 23.5 Å². The molecule has 5 nitrogen and oxygen atoms in total. The minimum absolute atomic E-state index is 0.549. The molecular weight excluding hydrogens is 238 g/mol. The van der Waals surface area contributed by atoms with Crippen LogP contribution in [0, 0.1) is 5.92 Å². The fourth-order valence-electron chi connectivity index (χ4n) is 1.07. The summed E-state index contributed by atoms with van der Waals surface area (Å²) in [4.78, 5) is 21.3. The predicted molar refractivity (Wildman–Crippen MR) is 51.3 cm³/mol. The number of alkyl halides is 2. The fourth-order valence-corrected chi connectivity index (χ4v) is 1.07. The van der Waals surface area contributed by atoms with E-state index in [0.29, 0.717) is 0 Å². The Bertz CT molecular complexity index is 288. The zero-order valence-corrected chi connectivity index (χ0v) is 10.0. The maximum absolute atomic E-state index is 13.2. The number of hydrogen-bond donors (Lipinski definition) is 0. The van der Waals surface area contributed by atoms with Crippen molar-refractivity contribution in [2.24, 2.45) is 5.92 Å². The Labute approximate surface area is 97.7 Å². The third-order valence-electron chi connectivity index (χ3n) is 1.79. The maximum Gasteiger partial charge on any atom is 0.509 e. The van der Waals surface area contributed by atoms with Crippen molar-refractivity contribution in [2.75, 3.05) is 0 Å². The van der Waals surface area contributed by atoms with Gasteiger partial charge in [0, 0.05) is 0 Å². The third kappa shape index (κ3) is 4.54. The summed E-state index contributed by atoms with van der Waals surface area (Å²) >= 11 is 0. The van der Waals surface area contributed by atoms with Crippen LogP contribution in [0.1, 0.15) is 27.7 Å². The Morgan fingerprint density at radius 3 is 1.88 bits per heavy atom. The van der Waals surface area contributed by atoms with Crippen LogP contribution in [0.25, 0.3) is 0 Å². The second-order valence-corrected chi connectivity index (χ2v) is 4.11. The van der Waals surface area contributed by atoms with Crippen LogP contribution >= 0.6 is 0 Å². The summed E-state index contributed by atoms with van der Waals surface area (Å²) in [6.45, 7) is 5.60. The summed E-state index contributed by atoms with van der Waals surface area (Å²) in [5, 5.41) is 10.3. The van der Waals surface area contributed by atoms with Gasteiger partial charge in [-0.3, -0.25) is 0 Å². The van der Waals surface area contributed by atoms with Gasteiger partial charge in [-0.25, -0.2) is 4.79 Å². The summed E-state index contributed by atoms with van der Waals surface area (Å²) in [5.41, 5.74) is 0. The maximum atomic E-state index is 13.2. The standard InChI is InChI=1S/C10H16F2O5/c1-5(2)7(10(11,12)8(13)14)17-9(15)16-6(3)4/h5-7H,1-4H3,(H,13,14)/p-1. The average Bonchev–Trinajstić information content (AvgIpc) is 2.11. The highest BCUT2D eigenvalue weighted by atomic mass is 19.3. The van der Waals surface area contributed by atoms with Crippen molar-refractivity contribution in [2.45, 2.75) is 45.8 Å². The smallest absolute Gasteiger partial charge is 0.509 e. The molecule has 0 N–H and O–H groups in total. The summed E-state index contributed by atoms with van der Waals surface area (Å²) in [6, 6.07) is 0. The molecule has 0 saturated carbocycles. The fraction of sp³-hybridized carbons (Fsp3) is 0.800. The van der Waals surface area contributed by atoms with Crippen molar-refractivity contribution in [3.63, 3.8) is 0 Å². The highest BCUT2D eigenvalue weighted by Crippen LogP contribution is 2.27. The number of carboxylic acid groups (broad SMARTS) is 1. The first kappa shape index (κ1) is 15.6. The normalized spacial score (nSPS) is 13.6. The first-order chi connectivity index (χ1) is 7.59. The van der Waals surface area contributed by atoms with E-state index in [-0.39, 0.29) is 0 Å². The van der Waals surface area contributed by atoms with Crippen LogP contribution in [-0.2, 0) is 14.3 Å². The van der Waals surface area contributed by atoms with E-state index in [1.54, 1.807) is 0 Å². The van der Waals surface area contributed by atoms with Gasteiger partial charge in [0.25, 0.3) is 0 Å². The summed E-state index contributed by atoms with van der Waals surface area (Å²) in [5.74, 6) is -7.75. The van der Waals surface area contributed by atoms with Gasteiger partial charge in [-0.2, -0.15) is 8.78 Å². The molecule has 1 atom stereocenters. The molecular formula is C10H15F2O5-. The Morgan fingerprint density at radius 1 is 1.12 bits per heavy atom. The molecule has 0 amide bonds. The van der Waals surface area contributed by atoms with Crippen LogP contribution in [0.3, 0.4) is 0 Å². The van der Waals surface area contributed by atoms with E-state index in [2.05, 4.69) is 9.47 Å². The molecule has 17 heavy (non-hydrogen) atoms. The molecule has 0 fully saturated rings. The summed E-state index contributed by atoms with van der Waals surface area (Å²) < 4.78 is 35.1. The number of carbonyl (C=O) groups is 2. The van der Waals surface area contributed by atoms with Crippen molar-refractivity contribution in [3.05, 3.63) is 0 Å². The molecule has 0 aliphatic rings. The zero-order chi connectivity index (χ0) is 13.8. The minimum atomic E-state index is -4.26. The van der Waals surface area contributed by atoms with Crippen LogP contribution in [0.2, 0.25) is 0 Å². The monoisotopic (exact) mass is 253 g/mol. The second-order valence-electron chi connectivity index (χ2n) is 4.11. The first-order valence-electron chi connectivity index (χ1n) is 5.05. The van der Waals surface area contributed by atoms with Crippen LogP contribution in [0.15, 0.2) is 0 Å². The van der Waals surface area contributed by atoms with Crippen LogP contribution < -0.4 is 5.11 Å². The largest absolute Gasteiger partial charge is 0.544 e. The molecule has 100 valence electrons. The van der Waals surface area contributed by atoms with Crippen LogP contribution in [0.4, 0.5) is 13.6 Å². The molecule has 0 bridgehead atoms. The van der Waals surface area contributed by atoms with Gasteiger partial charge in [0.2, 0.25) is 0 Å². The van der Waals surface area contributed by atoms with E-state index >= 15 is 0 Å². The van der Waals surface area contributed by atoms with Crippen LogP contribution in [-0.4, -0.2) is 30.3 Å². The number of carboxylic acids is 1.